The van der Waals surface area contributed by atoms with E-state index in [0.29, 0.717) is 12.8 Å². The number of fused-ring (bicyclic) bond motifs is 2. The monoisotopic (exact) mass is 711 g/mol. The summed E-state index contributed by atoms with van der Waals surface area (Å²) in [5.74, 6) is 0.0664. The summed E-state index contributed by atoms with van der Waals surface area (Å²) in [6.07, 6.45) is 13.3. The zero-order valence-electron chi connectivity index (χ0n) is 29.7. The van der Waals surface area contributed by atoms with Gasteiger partial charge in [-0.25, -0.2) is 14.3 Å². The molecule has 1 aromatic rings. The fourth-order valence-corrected chi connectivity index (χ4v) is 9.51. The van der Waals surface area contributed by atoms with Crippen molar-refractivity contribution in [3.05, 3.63) is 39.8 Å². The van der Waals surface area contributed by atoms with E-state index in [-0.39, 0.29) is 42.7 Å². The first-order valence-corrected chi connectivity index (χ1v) is 19.8. The minimum atomic E-state index is -1.45. The average molecular weight is 712 g/mol. The van der Waals surface area contributed by atoms with E-state index in [4.69, 9.17) is 9.84 Å². The number of hydrogen-bond acceptors (Lipinski definition) is 8. The van der Waals surface area contributed by atoms with Crippen LogP contribution in [0.25, 0.3) is 0 Å². The first kappa shape index (κ1) is 36.4. The van der Waals surface area contributed by atoms with Gasteiger partial charge >= 0.3 is 12.1 Å². The van der Waals surface area contributed by atoms with Gasteiger partial charge in [0.15, 0.2) is 0 Å². The number of aromatic nitrogens is 2. The van der Waals surface area contributed by atoms with Crippen molar-refractivity contribution >= 4 is 35.6 Å². The lowest BCUT2D eigenvalue weighted by Crippen LogP contribution is -2.56. The van der Waals surface area contributed by atoms with Crippen LogP contribution in [0.3, 0.4) is 0 Å². The highest BCUT2D eigenvalue weighted by molar-refractivity contribution is 7.99. The van der Waals surface area contributed by atoms with Crippen LogP contribution in [0.2, 0.25) is 0 Å². The molecule has 0 radical (unpaired) electrons. The van der Waals surface area contributed by atoms with E-state index in [1.54, 1.807) is 26.8 Å². The maximum atomic E-state index is 14.5. The number of carboxylic acid groups (broad SMARTS) is 1. The van der Waals surface area contributed by atoms with E-state index < -0.39 is 53.1 Å². The van der Waals surface area contributed by atoms with Crippen LogP contribution in [0.15, 0.2) is 23.0 Å². The summed E-state index contributed by atoms with van der Waals surface area (Å²) in [4.78, 5) is 69.4. The fraction of sp³-hybridized carbons (Fsp3) is 0.730. The Morgan fingerprint density at radius 3 is 2.48 bits per heavy atom. The number of rotatable bonds is 5. The van der Waals surface area contributed by atoms with Crippen molar-refractivity contribution in [1.29, 1.82) is 0 Å². The molecule has 6 rings (SSSR count). The van der Waals surface area contributed by atoms with Crippen molar-refractivity contribution in [2.45, 2.75) is 145 Å². The number of thioether (sulfide) groups is 1. The molecule has 13 heteroatoms. The number of aliphatic carboxylic acids is 1. The van der Waals surface area contributed by atoms with Gasteiger partial charge in [0, 0.05) is 36.6 Å². The van der Waals surface area contributed by atoms with E-state index >= 15 is 0 Å². The lowest BCUT2D eigenvalue weighted by molar-refractivity contribution is -0.145. The normalized spacial score (nSPS) is 31.8. The van der Waals surface area contributed by atoms with E-state index in [0.717, 1.165) is 74.1 Å². The molecule has 3 N–H and O–H groups in total. The number of nitrogens with zero attached hydrogens (tertiary/aromatic N) is 3. The molecule has 4 fully saturated rings. The largest absolute Gasteiger partial charge is 0.479 e. The molecular formula is C37H53N5O7S. The number of carbonyl (C=O) groups excluding carboxylic acids is 3. The van der Waals surface area contributed by atoms with Crippen LogP contribution >= 0.6 is 11.8 Å². The van der Waals surface area contributed by atoms with Gasteiger partial charge in [-0.1, -0.05) is 44.3 Å². The summed E-state index contributed by atoms with van der Waals surface area (Å²) >= 11 is 1.90. The fourth-order valence-electron chi connectivity index (χ4n) is 8.26. The predicted octanol–water partition coefficient (Wildman–Crippen LogP) is 5.03. The SMILES string of the molecule is CC(C)(C)OC(=O)N[C@H]1CCCCC/C=C\[C@@H]2C[C@@]2(C(=O)O)NC(=O)[C@@H]2C[C@H](n3nc(C4CCCCC4)c(C4CCSC4)cc3=O)CN2C1=O. The van der Waals surface area contributed by atoms with Crippen molar-refractivity contribution in [2.24, 2.45) is 5.92 Å². The maximum Gasteiger partial charge on any atom is 0.408 e. The number of amides is 3. The third-order valence-corrected chi connectivity index (χ3v) is 12.2. The summed E-state index contributed by atoms with van der Waals surface area (Å²) in [5.41, 5.74) is -0.464. The quantitative estimate of drug-likeness (QED) is 0.356. The highest BCUT2D eigenvalue weighted by atomic mass is 32.2. The molecule has 274 valence electrons. The van der Waals surface area contributed by atoms with Crippen molar-refractivity contribution in [1.82, 2.24) is 25.3 Å². The molecule has 12 nitrogen and oxygen atoms in total. The minimum absolute atomic E-state index is 0.0302. The molecule has 50 heavy (non-hydrogen) atoms. The smallest absolute Gasteiger partial charge is 0.408 e. The first-order chi connectivity index (χ1) is 23.9. The average Bonchev–Trinajstić information content (AvgIpc) is 3.39. The van der Waals surface area contributed by atoms with Crippen molar-refractivity contribution in [3.8, 4) is 0 Å². The standard InChI is InChI=1S/C37H53N5O7S/c1-36(2,3)49-35(48)38-28-15-11-6-4-5-10-14-25-20-37(25,34(46)47)39-32(44)29-18-26(21-41(29)33(28)45)42-30(43)19-27(24-16-17-50-22-24)31(40-42)23-12-8-7-9-13-23/h10,14,19,23-26,28-29H,4-9,11-13,15-18,20-22H2,1-3H3,(H,38,48)(H,39,44)(H,46,47)/b14-10-/t24?,25-,26+,28+,29+,37-/m1/s1. The van der Waals surface area contributed by atoms with Crippen molar-refractivity contribution in [2.75, 3.05) is 18.1 Å². The zero-order chi connectivity index (χ0) is 35.6. The molecule has 0 aromatic carbocycles. The topological polar surface area (TPSA) is 160 Å². The van der Waals surface area contributed by atoms with Crippen LogP contribution in [0.4, 0.5) is 4.79 Å². The second-order valence-electron chi connectivity index (χ2n) is 15.9. The molecule has 3 aliphatic heterocycles. The van der Waals surface area contributed by atoms with Gasteiger partial charge in [-0.15, -0.1) is 0 Å². The molecule has 3 amide bonds. The van der Waals surface area contributed by atoms with Crippen LogP contribution in [0.1, 0.15) is 133 Å². The maximum absolute atomic E-state index is 14.5. The Bertz CT molecular complexity index is 1540. The van der Waals surface area contributed by atoms with Gasteiger partial charge < -0.3 is 25.4 Å². The molecule has 0 spiro atoms. The predicted molar refractivity (Wildman–Crippen MR) is 190 cm³/mol. The van der Waals surface area contributed by atoms with Crippen molar-refractivity contribution in [3.63, 3.8) is 0 Å². The van der Waals surface area contributed by atoms with Gasteiger partial charge in [0.2, 0.25) is 11.8 Å². The zero-order valence-corrected chi connectivity index (χ0v) is 30.5. The van der Waals surface area contributed by atoms with E-state index in [2.05, 4.69) is 10.6 Å². The second-order valence-corrected chi connectivity index (χ2v) is 17.1. The van der Waals surface area contributed by atoms with Crippen LogP contribution in [-0.4, -0.2) is 84.9 Å². The molecule has 1 unspecified atom stereocenters. The van der Waals surface area contributed by atoms with Crippen molar-refractivity contribution < 1.29 is 29.0 Å². The van der Waals surface area contributed by atoms with E-state index in [1.165, 1.54) is 16.0 Å². The van der Waals surface area contributed by atoms with Crippen LogP contribution in [-0.2, 0) is 19.1 Å². The second kappa shape index (κ2) is 15.1. The molecule has 5 aliphatic rings. The molecule has 4 heterocycles. The molecule has 1 aromatic heterocycles. The summed E-state index contributed by atoms with van der Waals surface area (Å²) in [6.45, 7) is 5.27. The first-order valence-electron chi connectivity index (χ1n) is 18.6. The molecule has 0 bridgehead atoms. The molecule has 2 aliphatic carbocycles. The Labute approximate surface area is 298 Å². The molecule has 2 saturated heterocycles. The van der Waals surface area contributed by atoms with Gasteiger partial charge in [0.1, 0.15) is 23.2 Å². The van der Waals surface area contributed by atoms with E-state index in [9.17, 15) is 29.1 Å². The number of alkyl carbamates (subject to hydrolysis) is 1. The lowest BCUT2D eigenvalue weighted by Gasteiger charge is -2.30. The molecular weight excluding hydrogens is 659 g/mol. The number of carbonyl (C=O) groups is 4. The number of allylic oxidation sites excluding steroid dienone is 1. The summed E-state index contributed by atoms with van der Waals surface area (Å²) in [5, 5.41) is 20.9. The Hall–Kier alpha value is -3.35. The van der Waals surface area contributed by atoms with Crippen LogP contribution in [0.5, 0.6) is 0 Å². The highest BCUT2D eigenvalue weighted by Gasteiger charge is 2.61. The Balaban J connectivity index is 1.35. The highest BCUT2D eigenvalue weighted by Crippen LogP contribution is 2.46. The third-order valence-electron chi connectivity index (χ3n) is 11.1. The number of hydrogen-bond donors (Lipinski definition) is 3. The van der Waals surface area contributed by atoms with E-state index in [1.807, 2.05) is 23.9 Å². The lowest BCUT2D eigenvalue weighted by atomic mass is 9.82. The van der Waals surface area contributed by atoms with Crippen LogP contribution in [0, 0.1) is 5.92 Å². The van der Waals surface area contributed by atoms with Gasteiger partial charge in [-0.3, -0.25) is 14.4 Å². The number of ether oxygens (including phenoxy) is 1. The Morgan fingerprint density at radius 2 is 1.78 bits per heavy atom. The molecule has 2 saturated carbocycles. The Morgan fingerprint density at radius 1 is 1.04 bits per heavy atom. The minimum Gasteiger partial charge on any atom is -0.479 e. The summed E-state index contributed by atoms with van der Waals surface area (Å²) < 4.78 is 6.98. The molecule has 6 atom stereocenters. The van der Waals surface area contributed by atoms with Gasteiger partial charge in [0.25, 0.3) is 5.56 Å². The Kier molecular flexibility index (Phi) is 11.0. The third kappa shape index (κ3) is 8.07. The number of nitrogens with one attached hydrogen (secondary N) is 2. The summed E-state index contributed by atoms with van der Waals surface area (Å²) in [7, 11) is 0. The van der Waals surface area contributed by atoms with Gasteiger partial charge in [-0.2, -0.15) is 16.9 Å². The van der Waals surface area contributed by atoms with Crippen LogP contribution < -0.4 is 16.2 Å². The summed E-state index contributed by atoms with van der Waals surface area (Å²) in [6, 6.07) is -0.877. The van der Waals surface area contributed by atoms with Gasteiger partial charge in [-0.05, 0) is 83.0 Å². The van der Waals surface area contributed by atoms with Gasteiger partial charge in [0.05, 0.1) is 11.7 Å². The number of carboxylic acids is 1.